The number of hydrogen-bond donors (Lipinski definition) is 2. The van der Waals surface area contributed by atoms with Crippen LogP contribution in [0, 0.1) is 0 Å². The van der Waals surface area contributed by atoms with Gasteiger partial charge in [0.15, 0.2) is 11.5 Å². The molecule has 0 aliphatic rings. The zero-order chi connectivity index (χ0) is 19.4. The van der Waals surface area contributed by atoms with E-state index >= 15 is 0 Å². The van der Waals surface area contributed by atoms with Gasteiger partial charge in [-0.2, -0.15) is 0 Å². The van der Waals surface area contributed by atoms with Crippen molar-refractivity contribution >= 4 is 16.8 Å². The van der Waals surface area contributed by atoms with Crippen LogP contribution in [0.5, 0.6) is 11.5 Å². The van der Waals surface area contributed by atoms with Gasteiger partial charge in [-0.1, -0.05) is 30.3 Å². The number of benzene rings is 2. The first-order valence-electron chi connectivity index (χ1n) is 9.11. The molecule has 2 aromatic carbocycles. The highest BCUT2D eigenvalue weighted by Crippen LogP contribution is 2.41. The van der Waals surface area contributed by atoms with Crippen LogP contribution in [0.2, 0.25) is 0 Å². The minimum absolute atomic E-state index is 0.00477. The molecule has 27 heavy (non-hydrogen) atoms. The third-order valence-electron chi connectivity index (χ3n) is 4.64. The van der Waals surface area contributed by atoms with Gasteiger partial charge in [0.05, 0.1) is 14.2 Å². The molecule has 3 rings (SSSR count). The molecule has 5 nitrogen and oxygen atoms in total. The van der Waals surface area contributed by atoms with Gasteiger partial charge in [-0.25, -0.2) is 0 Å². The largest absolute Gasteiger partial charge is 0.493 e. The van der Waals surface area contributed by atoms with Crippen molar-refractivity contribution in [1.82, 2.24) is 10.3 Å². The van der Waals surface area contributed by atoms with E-state index in [9.17, 15) is 4.79 Å². The van der Waals surface area contributed by atoms with Gasteiger partial charge in [0, 0.05) is 41.0 Å². The number of aromatic nitrogens is 1. The normalized spacial score (nSPS) is 12.2. The molecule has 0 fully saturated rings. The zero-order valence-corrected chi connectivity index (χ0v) is 16.2. The summed E-state index contributed by atoms with van der Waals surface area (Å²) in [6, 6.07) is 14.0. The summed E-state index contributed by atoms with van der Waals surface area (Å²) in [5.41, 5.74) is 3.04. The van der Waals surface area contributed by atoms with Crippen LogP contribution in [0.1, 0.15) is 37.3 Å². The summed E-state index contributed by atoms with van der Waals surface area (Å²) in [7, 11) is 3.25. The number of fused-ring (bicyclic) bond motifs is 1. The molecule has 0 spiro atoms. The Morgan fingerprint density at radius 1 is 1.04 bits per heavy atom. The van der Waals surface area contributed by atoms with Crippen LogP contribution in [0.3, 0.4) is 0 Å². The van der Waals surface area contributed by atoms with Crippen LogP contribution in [-0.2, 0) is 4.79 Å². The van der Waals surface area contributed by atoms with Gasteiger partial charge >= 0.3 is 0 Å². The van der Waals surface area contributed by atoms with Crippen LogP contribution in [-0.4, -0.2) is 31.2 Å². The summed E-state index contributed by atoms with van der Waals surface area (Å²) in [5.74, 6) is 1.16. The number of ether oxygens (including phenoxy) is 2. The molecule has 142 valence electrons. The second-order valence-electron chi connectivity index (χ2n) is 6.85. The third kappa shape index (κ3) is 3.92. The average molecular weight is 366 g/mol. The number of methoxy groups -OCH3 is 2. The van der Waals surface area contributed by atoms with E-state index in [1.54, 1.807) is 14.2 Å². The smallest absolute Gasteiger partial charge is 0.221 e. The molecule has 0 saturated heterocycles. The van der Waals surface area contributed by atoms with Crippen molar-refractivity contribution in [2.24, 2.45) is 0 Å². The fourth-order valence-electron chi connectivity index (χ4n) is 3.52. The van der Waals surface area contributed by atoms with E-state index < -0.39 is 0 Å². The van der Waals surface area contributed by atoms with Crippen molar-refractivity contribution < 1.29 is 14.3 Å². The van der Waals surface area contributed by atoms with Gasteiger partial charge in [-0.15, -0.1) is 0 Å². The number of carbonyl (C=O) groups excluding carboxylic acids is 1. The Labute approximate surface area is 159 Å². The Bertz CT molecular complexity index is 930. The highest BCUT2D eigenvalue weighted by Gasteiger charge is 2.26. The Kier molecular flexibility index (Phi) is 5.69. The molecular formula is C22H26N2O3. The number of aromatic amines is 1. The van der Waals surface area contributed by atoms with Crippen molar-refractivity contribution in [1.29, 1.82) is 0 Å². The number of rotatable bonds is 7. The Balaban J connectivity index is 2.12. The molecule has 0 saturated carbocycles. The molecule has 5 heteroatoms. The lowest BCUT2D eigenvalue weighted by atomic mass is 9.87. The zero-order valence-electron chi connectivity index (χ0n) is 16.2. The Morgan fingerprint density at radius 2 is 1.81 bits per heavy atom. The number of H-pyrrole nitrogens is 1. The van der Waals surface area contributed by atoms with E-state index in [1.807, 2.05) is 56.4 Å². The molecule has 1 atom stereocenters. The van der Waals surface area contributed by atoms with Gasteiger partial charge in [0.25, 0.3) is 0 Å². The lowest BCUT2D eigenvalue weighted by Gasteiger charge is -2.21. The molecule has 0 aliphatic carbocycles. The Morgan fingerprint density at radius 3 is 2.52 bits per heavy atom. The molecular weight excluding hydrogens is 340 g/mol. The van der Waals surface area contributed by atoms with Gasteiger partial charge in [-0.05, 0) is 31.5 Å². The number of para-hydroxylation sites is 2. The molecule has 1 unspecified atom stereocenters. The van der Waals surface area contributed by atoms with Crippen LogP contribution in [0.25, 0.3) is 10.9 Å². The SMILES string of the molecule is COc1cccc(C(CC(=O)NC(C)C)c2c[nH]c3ccccc23)c1OC. The maximum atomic E-state index is 12.6. The highest BCUT2D eigenvalue weighted by molar-refractivity contribution is 5.86. The van der Waals surface area contributed by atoms with Crippen LogP contribution < -0.4 is 14.8 Å². The summed E-state index contributed by atoms with van der Waals surface area (Å²) in [4.78, 5) is 15.9. The molecule has 0 radical (unpaired) electrons. The van der Waals surface area contributed by atoms with Crippen molar-refractivity contribution in [3.8, 4) is 11.5 Å². The second-order valence-corrected chi connectivity index (χ2v) is 6.85. The summed E-state index contributed by atoms with van der Waals surface area (Å²) < 4.78 is 11.1. The first-order chi connectivity index (χ1) is 13.0. The van der Waals surface area contributed by atoms with Gasteiger partial charge < -0.3 is 19.8 Å². The van der Waals surface area contributed by atoms with E-state index in [2.05, 4.69) is 16.4 Å². The van der Waals surface area contributed by atoms with Crippen LogP contribution in [0.4, 0.5) is 0 Å². The first-order valence-corrected chi connectivity index (χ1v) is 9.11. The van der Waals surface area contributed by atoms with Crippen molar-refractivity contribution in [3.05, 3.63) is 59.8 Å². The van der Waals surface area contributed by atoms with Crippen LogP contribution in [0.15, 0.2) is 48.7 Å². The van der Waals surface area contributed by atoms with Crippen LogP contribution >= 0.6 is 0 Å². The molecule has 0 aliphatic heterocycles. The Hall–Kier alpha value is -2.95. The number of nitrogens with one attached hydrogen (secondary N) is 2. The van der Waals surface area contributed by atoms with Crippen molar-refractivity contribution in [2.75, 3.05) is 14.2 Å². The number of hydrogen-bond acceptors (Lipinski definition) is 3. The molecule has 3 aromatic rings. The summed E-state index contributed by atoms with van der Waals surface area (Å²) in [5, 5.41) is 4.10. The standard InChI is InChI=1S/C22H26N2O3/c1-14(2)24-21(25)12-17(16-9-7-11-20(26-3)22(16)27-4)18-13-23-19-10-6-5-8-15(18)19/h5-11,13-14,17,23H,12H2,1-4H3,(H,24,25). The minimum atomic E-state index is -0.162. The quantitative estimate of drug-likeness (QED) is 0.658. The van der Waals surface area contributed by atoms with Gasteiger partial charge in [0.1, 0.15) is 0 Å². The molecule has 1 aromatic heterocycles. The van der Waals surface area contributed by atoms with Gasteiger partial charge in [0.2, 0.25) is 5.91 Å². The summed E-state index contributed by atoms with van der Waals surface area (Å²) in [6.45, 7) is 3.93. The topological polar surface area (TPSA) is 63.3 Å². The second kappa shape index (κ2) is 8.16. The molecule has 2 N–H and O–H groups in total. The molecule has 0 bridgehead atoms. The number of amides is 1. The van der Waals surface area contributed by atoms with E-state index in [0.717, 1.165) is 22.0 Å². The highest BCUT2D eigenvalue weighted by atomic mass is 16.5. The van der Waals surface area contributed by atoms with E-state index in [1.165, 1.54) is 0 Å². The first kappa shape index (κ1) is 18.8. The predicted octanol–water partition coefficient (Wildman–Crippen LogP) is 4.23. The average Bonchev–Trinajstić information content (AvgIpc) is 3.08. The lowest BCUT2D eigenvalue weighted by molar-refractivity contribution is -0.121. The minimum Gasteiger partial charge on any atom is -0.493 e. The van der Waals surface area contributed by atoms with Crippen molar-refractivity contribution in [2.45, 2.75) is 32.2 Å². The third-order valence-corrected chi connectivity index (χ3v) is 4.64. The van der Waals surface area contributed by atoms with E-state index in [-0.39, 0.29) is 17.9 Å². The molecule has 1 heterocycles. The van der Waals surface area contributed by atoms with Crippen molar-refractivity contribution in [3.63, 3.8) is 0 Å². The lowest BCUT2D eigenvalue weighted by Crippen LogP contribution is -2.31. The maximum absolute atomic E-state index is 12.6. The molecule has 1 amide bonds. The summed E-state index contributed by atoms with van der Waals surface area (Å²) in [6.07, 6.45) is 2.31. The monoisotopic (exact) mass is 366 g/mol. The van der Waals surface area contributed by atoms with Gasteiger partial charge in [-0.3, -0.25) is 4.79 Å². The fourth-order valence-corrected chi connectivity index (χ4v) is 3.52. The van der Waals surface area contributed by atoms with E-state index in [0.29, 0.717) is 17.9 Å². The predicted molar refractivity (Wildman–Crippen MR) is 108 cm³/mol. The number of carbonyl (C=O) groups is 1. The summed E-state index contributed by atoms with van der Waals surface area (Å²) >= 11 is 0. The van der Waals surface area contributed by atoms with E-state index in [4.69, 9.17) is 9.47 Å². The maximum Gasteiger partial charge on any atom is 0.221 e. The fraction of sp³-hybridized carbons (Fsp3) is 0.318.